The number of ether oxygens (including phenoxy) is 2. The van der Waals surface area contributed by atoms with E-state index in [4.69, 9.17) is 9.47 Å². The van der Waals surface area contributed by atoms with Gasteiger partial charge in [-0.05, 0) is 29.4 Å². The van der Waals surface area contributed by atoms with E-state index in [1.807, 2.05) is 0 Å². The molecule has 15 heteroatoms. The first-order chi connectivity index (χ1) is 18.4. The van der Waals surface area contributed by atoms with Crippen LogP contribution in [0, 0.1) is 0 Å². The van der Waals surface area contributed by atoms with E-state index in [1.54, 1.807) is 0 Å². The van der Waals surface area contributed by atoms with Gasteiger partial charge in [0.15, 0.2) is 17.5 Å². The molecule has 3 aliphatic rings. The first kappa shape index (κ1) is 28.0. The number of anilines is 1. The van der Waals surface area contributed by atoms with Crippen molar-refractivity contribution in [2.75, 3.05) is 11.5 Å². The van der Waals surface area contributed by atoms with Gasteiger partial charge in [-0.1, -0.05) is 0 Å². The maximum Gasteiger partial charge on any atom is 0.354 e. The zero-order valence-corrected chi connectivity index (χ0v) is 20.1. The molecule has 0 radical (unpaired) electrons. The van der Waals surface area contributed by atoms with E-state index < -0.39 is 78.8 Å². The van der Waals surface area contributed by atoms with Gasteiger partial charge in [0.25, 0.3) is 0 Å². The highest BCUT2D eigenvalue weighted by Crippen LogP contribution is 2.42. The highest BCUT2D eigenvalue weighted by molar-refractivity contribution is 6.41. The molecule has 1 fully saturated rings. The van der Waals surface area contributed by atoms with Gasteiger partial charge in [0, 0.05) is 30.8 Å². The lowest BCUT2D eigenvalue weighted by atomic mass is 9.99. The molecule has 210 valence electrons. The Morgan fingerprint density at radius 2 is 1.77 bits per heavy atom. The Labute approximate surface area is 219 Å². The highest BCUT2D eigenvalue weighted by atomic mass is 16.7. The number of aliphatic carboxylic acids is 3. The van der Waals surface area contributed by atoms with Crippen LogP contribution < -0.4 is 9.64 Å². The summed E-state index contributed by atoms with van der Waals surface area (Å²) in [7, 11) is 0. The molecule has 7 atom stereocenters. The quantitative estimate of drug-likeness (QED) is 0.178. The molecule has 0 aliphatic carbocycles. The molecule has 1 saturated heterocycles. The summed E-state index contributed by atoms with van der Waals surface area (Å²) in [4.78, 5) is 39.8. The van der Waals surface area contributed by atoms with Gasteiger partial charge >= 0.3 is 17.9 Å². The topological polar surface area (TPSA) is 247 Å². The Hall–Kier alpha value is -4.02. The van der Waals surface area contributed by atoms with Crippen LogP contribution in [0.15, 0.2) is 41.1 Å². The molecule has 3 heterocycles. The smallest absolute Gasteiger partial charge is 0.354 e. The number of dihydropyridines is 1. The average Bonchev–Trinajstić information content (AvgIpc) is 3.24. The Morgan fingerprint density at radius 3 is 2.38 bits per heavy atom. The molecule has 39 heavy (non-hydrogen) atoms. The second-order valence-corrected chi connectivity index (χ2v) is 9.14. The molecule has 15 nitrogen and oxygen atoms in total. The predicted octanol–water partition coefficient (Wildman–Crippen LogP) is -1.79. The number of phenolic OH excluding ortho intramolecular Hbond substituents is 1. The molecule has 4 rings (SSSR count). The van der Waals surface area contributed by atoms with E-state index in [-0.39, 0.29) is 29.9 Å². The van der Waals surface area contributed by atoms with E-state index >= 15 is 0 Å². The number of aliphatic imine (C=N–C) groups is 1. The lowest BCUT2D eigenvalue weighted by Gasteiger charge is -2.39. The number of carboxylic acids is 3. The molecule has 1 aromatic rings. The zero-order chi connectivity index (χ0) is 28.6. The number of rotatable bonds is 8. The highest BCUT2D eigenvalue weighted by Gasteiger charge is 2.45. The summed E-state index contributed by atoms with van der Waals surface area (Å²) in [6.07, 6.45) is -4.30. The summed E-state index contributed by atoms with van der Waals surface area (Å²) in [6.45, 7) is -0.702. The van der Waals surface area contributed by atoms with Gasteiger partial charge in [-0.2, -0.15) is 0 Å². The van der Waals surface area contributed by atoms with Crippen LogP contribution >= 0.6 is 0 Å². The van der Waals surface area contributed by atoms with Crippen molar-refractivity contribution in [2.45, 2.75) is 55.6 Å². The maximum atomic E-state index is 12.0. The number of hydrogen-bond acceptors (Lipinski definition) is 12. The number of fused-ring (bicyclic) bond motifs is 1. The van der Waals surface area contributed by atoms with Crippen molar-refractivity contribution in [2.24, 2.45) is 4.99 Å². The molecule has 8 N–H and O–H groups in total. The number of aliphatic hydroxyl groups is 4. The van der Waals surface area contributed by atoms with E-state index in [9.17, 15) is 55.2 Å². The van der Waals surface area contributed by atoms with Crippen molar-refractivity contribution in [3.63, 3.8) is 0 Å². The number of aromatic hydroxyl groups is 1. The third-order valence-corrected chi connectivity index (χ3v) is 6.56. The van der Waals surface area contributed by atoms with Crippen LogP contribution in [-0.2, 0) is 25.5 Å². The second-order valence-electron chi connectivity index (χ2n) is 9.14. The molecule has 0 bridgehead atoms. The summed E-state index contributed by atoms with van der Waals surface area (Å²) in [6, 6.07) is 0.0231. The van der Waals surface area contributed by atoms with Crippen LogP contribution in [-0.4, -0.2) is 114 Å². The molecule has 0 saturated carbocycles. The van der Waals surface area contributed by atoms with Gasteiger partial charge in [0.2, 0.25) is 6.29 Å². The summed E-state index contributed by atoms with van der Waals surface area (Å²) >= 11 is 0. The Bertz CT molecular complexity index is 1260. The minimum Gasteiger partial charge on any atom is -0.504 e. The lowest BCUT2D eigenvalue weighted by molar-refractivity contribution is -0.277. The molecule has 0 amide bonds. The third-order valence-electron chi connectivity index (χ3n) is 6.56. The normalized spacial score (nSPS) is 30.5. The van der Waals surface area contributed by atoms with Crippen molar-refractivity contribution >= 4 is 29.3 Å². The van der Waals surface area contributed by atoms with Gasteiger partial charge in [0.1, 0.15) is 36.2 Å². The number of phenols is 1. The zero-order valence-electron chi connectivity index (χ0n) is 20.1. The van der Waals surface area contributed by atoms with E-state index in [0.29, 0.717) is 5.56 Å². The van der Waals surface area contributed by atoms with E-state index in [1.165, 1.54) is 35.4 Å². The first-order valence-electron chi connectivity index (χ1n) is 11.7. The van der Waals surface area contributed by atoms with Crippen molar-refractivity contribution in [1.29, 1.82) is 0 Å². The fourth-order valence-electron chi connectivity index (χ4n) is 4.51. The Morgan fingerprint density at radius 1 is 1.05 bits per heavy atom. The van der Waals surface area contributed by atoms with Crippen LogP contribution in [0.1, 0.15) is 12.0 Å². The molecule has 0 spiro atoms. The molecule has 1 aromatic carbocycles. The van der Waals surface area contributed by atoms with Crippen LogP contribution in [0.3, 0.4) is 0 Å². The van der Waals surface area contributed by atoms with Crippen LogP contribution in [0.25, 0.3) is 0 Å². The number of hydrogen-bond donors (Lipinski definition) is 8. The summed E-state index contributed by atoms with van der Waals surface area (Å²) < 4.78 is 10.8. The standard InChI is InChI=1S/C24H26N2O13/c27-8-17-18(29)19(30)20(31)24(39-17)38-16-7-13-10(6-15(16)28)5-14(23(36)37)26(13)2-1-9-3-11(21(32)33)25-12(4-9)22(34)35/h1-3,6-7,12,14,17-20,24,27-31H,4-5,8H2,(H,32,33)(H,34,35)(H,36,37)/t12-,14+,17-,18-,19+,20-,24-/m1/s1. The summed E-state index contributed by atoms with van der Waals surface area (Å²) in [5, 5.41) is 78.4. The molecular weight excluding hydrogens is 524 g/mol. The Balaban J connectivity index is 1.64. The third kappa shape index (κ3) is 5.57. The molecular formula is C24H26N2O13. The average molecular weight is 550 g/mol. The Kier molecular flexibility index (Phi) is 7.89. The number of nitrogens with zero attached hydrogens (tertiary/aromatic N) is 2. The van der Waals surface area contributed by atoms with Crippen molar-refractivity contribution in [1.82, 2.24) is 0 Å². The van der Waals surface area contributed by atoms with Crippen molar-refractivity contribution < 1.29 is 64.7 Å². The monoisotopic (exact) mass is 550 g/mol. The van der Waals surface area contributed by atoms with Gasteiger partial charge in [-0.25, -0.2) is 14.4 Å². The van der Waals surface area contributed by atoms with Crippen molar-refractivity contribution in [3.8, 4) is 11.5 Å². The van der Waals surface area contributed by atoms with E-state index in [0.717, 1.165) is 0 Å². The van der Waals surface area contributed by atoms with Gasteiger partial charge in [0.05, 0.1) is 6.61 Å². The van der Waals surface area contributed by atoms with Crippen molar-refractivity contribution in [3.05, 3.63) is 41.6 Å². The van der Waals surface area contributed by atoms with Crippen LogP contribution in [0.4, 0.5) is 5.69 Å². The predicted molar refractivity (Wildman–Crippen MR) is 128 cm³/mol. The number of aliphatic hydroxyl groups excluding tert-OH is 4. The lowest BCUT2D eigenvalue weighted by Crippen LogP contribution is -2.60. The van der Waals surface area contributed by atoms with Gasteiger partial charge in [-0.15, -0.1) is 0 Å². The van der Waals surface area contributed by atoms with Crippen LogP contribution in [0.2, 0.25) is 0 Å². The van der Waals surface area contributed by atoms with E-state index in [2.05, 4.69) is 4.99 Å². The van der Waals surface area contributed by atoms with Gasteiger partial charge < -0.3 is 55.2 Å². The summed E-state index contributed by atoms with van der Waals surface area (Å²) in [5.41, 5.74) is 0.461. The molecule has 0 unspecified atom stereocenters. The SMILES string of the molecule is O=C(O)C1=N[C@@H](C(=O)O)CC(C=CN2c3cc(O[C@@H]4O[C@H](CO)[C@@H](O)[C@H](O)[C@H]4O)c(O)cc3C[C@H]2C(=O)O)=C1. The fraction of sp³-hybridized carbons (Fsp3) is 0.417. The number of allylic oxidation sites excluding steroid dienone is 1. The second kappa shape index (κ2) is 11.0. The first-order valence-corrected chi connectivity index (χ1v) is 11.7. The van der Waals surface area contributed by atoms with Gasteiger partial charge in [-0.3, -0.25) is 4.99 Å². The molecule has 3 aliphatic heterocycles. The summed E-state index contributed by atoms with van der Waals surface area (Å²) in [5.74, 6) is -4.69. The largest absolute Gasteiger partial charge is 0.504 e. The molecule has 0 aromatic heterocycles. The minimum atomic E-state index is -1.76. The number of carbonyl (C=O) groups is 3. The fourth-order valence-corrected chi connectivity index (χ4v) is 4.51. The minimum absolute atomic E-state index is 0.0402. The number of benzene rings is 1. The van der Waals surface area contributed by atoms with Crippen LogP contribution in [0.5, 0.6) is 11.5 Å². The maximum absolute atomic E-state index is 12.0. The number of carboxylic acid groups (broad SMARTS) is 3.